The van der Waals surface area contributed by atoms with Crippen LogP contribution in [-0.4, -0.2) is 282 Å². The van der Waals surface area contributed by atoms with E-state index < -0.39 is 134 Å². The number of nitrogens with zero attached hydrogens (tertiary/aromatic N) is 11. The van der Waals surface area contributed by atoms with Crippen molar-refractivity contribution < 1.29 is 141 Å². The number of benzene rings is 5. The molecule has 0 heterocycles. The average molecular weight is 1970 g/mol. The van der Waals surface area contributed by atoms with Crippen molar-refractivity contribution in [3.05, 3.63) is 214 Å². The number of rotatable bonds is 46. The molecule has 0 bridgehead atoms. The van der Waals surface area contributed by atoms with Gasteiger partial charge in [0, 0.05) is 79.4 Å². The number of nitrogens with one attached hydrogen (secondary N) is 7. The van der Waals surface area contributed by atoms with Gasteiger partial charge in [-0.1, -0.05) is 133 Å². The number of esters is 4. The Balaban J connectivity index is 0. The first-order valence-electron chi connectivity index (χ1n) is 43.0. The van der Waals surface area contributed by atoms with Crippen LogP contribution in [0.3, 0.4) is 0 Å². The molecule has 0 aliphatic rings. The van der Waals surface area contributed by atoms with E-state index in [4.69, 9.17) is 52.4 Å². The van der Waals surface area contributed by atoms with Gasteiger partial charge in [-0.05, 0) is 139 Å². The van der Waals surface area contributed by atoms with Crippen LogP contribution in [0.15, 0.2) is 166 Å². The summed E-state index contributed by atoms with van der Waals surface area (Å²) in [7, 11) is 11.1. The summed E-state index contributed by atoms with van der Waals surface area (Å²) in [5.74, 6) is -6.33. The SMILES string of the molecule is CN(C(=O)OC(C)(C)C)[C@H](Cc1ccccc1)C(=O)O.COC(=O)[C@@H](N)CCCN/C(N)=N/[N+](=O)[O-].COC(=O)[C@H](CCCN/C(N)=N/[N+](=O)[O-])NC(=O)[C@@H](Cc1ccccc1)N(C)C(=O)CCc1ccc(O)cc1.COC(=O)[C@H](CCCN/C(N)=N/[N+](=O)[O-])NC(=O)[C@@H](Cc1ccccc1)N(C)C(=O)OC(C)(C)C.C[NH2+][C@H](Cc1ccccc1)C(=O)N[C@@H](CCCN/C(N)=N/[N+](=O)[O-])C(=O)OC.[Li+].[OH-]. The third-order valence-electron chi connectivity index (χ3n) is 19.1. The number of ether oxygens (including phenoxy) is 6. The quantitative estimate of drug-likeness (QED) is 0.00293. The number of likely N-dealkylation sites (N-methyl/N-ethyl adjacent to an activating group) is 4. The molecule has 22 N–H and O–H groups in total. The topological polar surface area (TPSA) is 776 Å². The molecule has 0 saturated carbocycles. The molecule has 0 aliphatic heterocycles. The summed E-state index contributed by atoms with van der Waals surface area (Å²) >= 11 is 0. The zero-order valence-electron chi connectivity index (χ0n) is 81.1. The molecule has 0 saturated heterocycles. The van der Waals surface area contributed by atoms with E-state index in [1.54, 1.807) is 85.2 Å². The molecule has 0 fully saturated rings. The number of nitro groups is 4. The Bertz CT molecular complexity index is 4800. The number of guanidine groups is 4. The van der Waals surface area contributed by atoms with Crippen molar-refractivity contribution in [1.29, 1.82) is 0 Å². The number of hydrogen-bond acceptors (Lipinski definition) is 28. The second-order valence-corrected chi connectivity index (χ2v) is 32.0. The molecule has 0 radical (unpaired) electrons. The number of phenolic OH excluding ortho intramolecular Hbond substituents is 1. The van der Waals surface area contributed by atoms with Gasteiger partial charge in [0.1, 0.15) is 79.7 Å². The van der Waals surface area contributed by atoms with Crippen LogP contribution < -0.4 is 90.1 Å². The molecule has 0 aromatic heterocycles. The Hall–Kier alpha value is -15.2. The van der Waals surface area contributed by atoms with Crippen molar-refractivity contribution in [3.63, 3.8) is 0 Å². The Labute approximate surface area is 821 Å². The van der Waals surface area contributed by atoms with Crippen LogP contribution in [0.2, 0.25) is 0 Å². The zero-order chi connectivity index (χ0) is 104. The molecule has 5 rings (SSSR count). The normalized spacial score (nSPS) is 12.8. The Kier molecular flexibility index (Phi) is 62.3. The predicted octanol–water partition coefficient (Wildman–Crippen LogP) is -2.01. The molecule has 6 amide bonds. The van der Waals surface area contributed by atoms with E-state index in [1.165, 1.54) is 52.3 Å². The van der Waals surface area contributed by atoms with Gasteiger partial charge in [-0.15, -0.1) is 0 Å². The molecular formula is C87H132LiN24O28+. The number of carbonyl (C=O) groups is 11. The fraction of sp³-hybridized carbons (Fsp3) is 0.483. The summed E-state index contributed by atoms with van der Waals surface area (Å²) in [4.78, 5) is 180. The van der Waals surface area contributed by atoms with Crippen molar-refractivity contribution in [2.45, 2.75) is 191 Å². The molecule has 5 aromatic rings. The summed E-state index contributed by atoms with van der Waals surface area (Å²) in [5, 5.41) is 87.5. The number of phenols is 1. The molecule has 140 heavy (non-hydrogen) atoms. The Morgan fingerprint density at radius 3 is 0.986 bits per heavy atom. The van der Waals surface area contributed by atoms with Gasteiger partial charge in [0.2, 0.25) is 17.7 Å². The van der Waals surface area contributed by atoms with Gasteiger partial charge in [-0.2, -0.15) is 0 Å². The second kappa shape index (κ2) is 68.8. The van der Waals surface area contributed by atoms with Gasteiger partial charge in [0.05, 0.1) is 35.5 Å². The number of methoxy groups -OCH3 is 4. The number of aryl methyl sites for hydroxylation is 1. The number of amides is 6. The largest absolute Gasteiger partial charge is 1.00 e. The Morgan fingerprint density at radius 2 is 0.700 bits per heavy atom. The molecule has 0 aliphatic carbocycles. The number of aliphatic carboxylic acids is 1. The van der Waals surface area contributed by atoms with E-state index in [9.17, 15) is 103 Å². The third kappa shape index (κ3) is 56.4. The van der Waals surface area contributed by atoms with E-state index in [2.05, 4.69) is 62.4 Å². The molecule has 8 atom stereocenters. The minimum Gasteiger partial charge on any atom is -0.870 e. The van der Waals surface area contributed by atoms with Gasteiger partial charge in [-0.25, -0.2) is 69.2 Å². The monoisotopic (exact) mass is 1970 g/mol. The van der Waals surface area contributed by atoms with Crippen LogP contribution >= 0.6 is 0 Å². The fourth-order valence-electron chi connectivity index (χ4n) is 12.0. The van der Waals surface area contributed by atoms with Gasteiger partial charge in [-0.3, -0.25) is 33.8 Å². The molecular weight excluding hydrogens is 1840 g/mol. The number of quaternary nitrogens is 1. The summed E-state index contributed by atoms with van der Waals surface area (Å²) in [6, 6.07) is 36.8. The van der Waals surface area contributed by atoms with E-state index in [-0.39, 0.29) is 130 Å². The summed E-state index contributed by atoms with van der Waals surface area (Å²) in [6.07, 6.45) is 2.90. The summed E-state index contributed by atoms with van der Waals surface area (Å²) in [5.41, 5.74) is 29.6. The van der Waals surface area contributed by atoms with Crippen LogP contribution in [0.1, 0.15) is 127 Å². The summed E-state index contributed by atoms with van der Waals surface area (Å²) < 4.78 is 29.4. The number of carboxylic acids is 1. The molecule has 0 spiro atoms. The van der Waals surface area contributed by atoms with Crippen molar-refractivity contribution in [1.82, 2.24) is 51.9 Å². The first-order chi connectivity index (χ1) is 65.0. The van der Waals surface area contributed by atoms with Gasteiger partial charge in [0.15, 0.2) is 26.2 Å². The van der Waals surface area contributed by atoms with Crippen molar-refractivity contribution in [3.8, 4) is 5.75 Å². The minimum atomic E-state index is -1.05. The van der Waals surface area contributed by atoms with E-state index in [0.29, 0.717) is 51.5 Å². The molecule has 5 aromatic carbocycles. The second-order valence-electron chi connectivity index (χ2n) is 32.0. The van der Waals surface area contributed by atoms with Gasteiger partial charge >= 0.3 is 60.9 Å². The minimum absolute atomic E-state index is 0. The van der Waals surface area contributed by atoms with Gasteiger partial charge < -0.3 is 120 Å². The van der Waals surface area contributed by atoms with E-state index >= 15 is 0 Å². The van der Waals surface area contributed by atoms with Gasteiger partial charge in [0.25, 0.3) is 29.7 Å². The first-order valence-corrected chi connectivity index (χ1v) is 43.0. The zero-order valence-corrected chi connectivity index (χ0v) is 81.1. The maximum Gasteiger partial charge on any atom is 1.00 e. The smallest absolute Gasteiger partial charge is 0.870 e. The average Bonchev–Trinajstić information content (AvgIpc) is 0.859. The van der Waals surface area contributed by atoms with Crippen molar-refractivity contribution in [2.24, 2.45) is 49.1 Å². The Morgan fingerprint density at radius 1 is 0.421 bits per heavy atom. The number of aromatic hydroxyl groups is 1. The fourth-order valence-corrected chi connectivity index (χ4v) is 12.0. The van der Waals surface area contributed by atoms with Crippen molar-refractivity contribution >= 4 is 89.5 Å². The molecule has 0 unspecified atom stereocenters. The maximum atomic E-state index is 13.4. The van der Waals surface area contributed by atoms with Crippen LogP contribution in [0.5, 0.6) is 5.75 Å². The molecule has 768 valence electrons. The predicted molar refractivity (Wildman–Crippen MR) is 506 cm³/mol. The molecule has 52 nitrogen and oxygen atoms in total. The maximum absolute atomic E-state index is 13.4. The van der Waals surface area contributed by atoms with Crippen LogP contribution in [0, 0.1) is 40.5 Å². The van der Waals surface area contributed by atoms with Crippen molar-refractivity contribution in [2.75, 3.05) is 82.8 Å². The number of hydrazone groups is 4. The summed E-state index contributed by atoms with van der Waals surface area (Å²) in [6.45, 7) is 11.3. The standard InChI is InChI=1S/C26H34N6O7.C22H34N6O7.C17H26N6O5.C15H21NO4.C7H15N5O4.Li.H2O/c1-31(23(34)15-12-18-10-13-20(33)14-11-18)22(17-19-7-4-3-5-8-19)24(35)29-21(25(36)39-2)9-6-16-28-26(27)30-32(37)38;1-22(2,3)35-21(31)27(4)17(14-15-10-7-6-8-11-15)18(29)25-16(19(30)34-5)12-9-13-24-20(23)26-28(32)33;1-19-14(11-12-7-4-3-5-8-12)15(24)21-13(16(25)28-2)9-6-10-20-17(18)22-23(26)27;1-15(2,3)20-14(19)16(4)12(13(17)18)10-11-8-6-5-7-9-11;1-16-6(13)5(8)3-2-4-10-7(9)11-12(14)15;;/h3-5,7-8,10-11,13-14,21-22,33H,6,9,12,15-17H2,1-2H3,(H,29,35)(H3,27,28,30);6-8,10-11,16-17H,9,12-14H2,1-5H3,(H,25,29)(H3,23,24,26);3-5,7-8,13-14,19H,6,9-11H2,1-2H3,(H,21,24)(H3,18,20,22);5-9,12H,10H2,1-4H3,(H,17,18);5H,2-4,8H2,1H3,(H3,9,10,11);;1H2/q;;;;;+1;/t21-,22+;16-,17+;13-,14+;12-;5-;;/m00010../s1. The first kappa shape index (κ1) is 127. The van der Waals surface area contributed by atoms with Crippen LogP contribution in [-0.2, 0) is 104 Å². The number of nitrogens with two attached hydrogens (primary N) is 6. The molecule has 53 heteroatoms. The van der Waals surface area contributed by atoms with Crippen LogP contribution in [0.25, 0.3) is 0 Å². The van der Waals surface area contributed by atoms with E-state index in [1.807, 2.05) is 121 Å². The third-order valence-corrected chi connectivity index (χ3v) is 19.1. The number of carbonyl (C=O) groups excluding carboxylic acids is 10. The van der Waals surface area contributed by atoms with Crippen LogP contribution in [0.4, 0.5) is 9.59 Å². The number of carboxylic acid groups (broad SMARTS) is 1. The van der Waals surface area contributed by atoms with E-state index in [0.717, 1.165) is 32.7 Å². The number of hydrogen-bond donors (Lipinski definition) is 15.